The Balaban J connectivity index is 1.46. The number of aromatic nitrogens is 2. The molecule has 1 saturated carbocycles. The van der Waals surface area contributed by atoms with E-state index in [9.17, 15) is 4.79 Å². The van der Waals surface area contributed by atoms with Crippen LogP contribution in [0.2, 0.25) is 0 Å². The molecule has 0 bridgehead atoms. The summed E-state index contributed by atoms with van der Waals surface area (Å²) in [5.41, 5.74) is 0. The monoisotopic (exact) mass is 324 g/mol. The van der Waals surface area contributed by atoms with Gasteiger partial charge < -0.3 is 15.1 Å². The highest BCUT2D eigenvalue weighted by Gasteiger charge is 2.23. The molecule has 2 aromatic heterocycles. The minimum atomic E-state index is -0.221. The van der Waals surface area contributed by atoms with E-state index in [-0.39, 0.29) is 11.2 Å². The first-order valence-corrected chi connectivity index (χ1v) is 8.47. The fourth-order valence-corrected chi connectivity index (χ4v) is 3.65. The average Bonchev–Trinajstić information content (AvgIpc) is 2.96. The first-order valence-electron chi connectivity index (χ1n) is 6.77. The maximum atomic E-state index is 12.0. The predicted molar refractivity (Wildman–Crippen MR) is 82.4 cm³/mol. The van der Waals surface area contributed by atoms with Crippen LogP contribution >= 0.6 is 23.1 Å². The summed E-state index contributed by atoms with van der Waals surface area (Å²) in [4.78, 5) is 12.0. The SMILES string of the molecule is CC(Sc1nnc(NC2CC2)s1)C(=O)NCc1ccco1. The van der Waals surface area contributed by atoms with E-state index in [1.54, 1.807) is 12.3 Å². The molecule has 3 rings (SSSR count). The van der Waals surface area contributed by atoms with Crippen molar-refractivity contribution in [1.29, 1.82) is 0 Å². The van der Waals surface area contributed by atoms with Gasteiger partial charge in [-0.25, -0.2) is 0 Å². The summed E-state index contributed by atoms with van der Waals surface area (Å²) in [6, 6.07) is 4.19. The van der Waals surface area contributed by atoms with Gasteiger partial charge in [-0.15, -0.1) is 10.2 Å². The minimum absolute atomic E-state index is 0.0386. The summed E-state index contributed by atoms with van der Waals surface area (Å²) in [6.45, 7) is 2.26. The van der Waals surface area contributed by atoms with Gasteiger partial charge in [0.1, 0.15) is 5.76 Å². The van der Waals surface area contributed by atoms with Crippen LogP contribution in [0, 0.1) is 0 Å². The van der Waals surface area contributed by atoms with Crippen LogP contribution in [0.1, 0.15) is 25.5 Å². The maximum Gasteiger partial charge on any atom is 0.233 e. The Morgan fingerprint density at radius 1 is 1.57 bits per heavy atom. The van der Waals surface area contributed by atoms with Gasteiger partial charge in [-0.3, -0.25) is 4.79 Å². The number of anilines is 1. The molecule has 6 nitrogen and oxygen atoms in total. The Kier molecular flexibility index (Phi) is 4.45. The van der Waals surface area contributed by atoms with Gasteiger partial charge in [-0.2, -0.15) is 0 Å². The van der Waals surface area contributed by atoms with E-state index < -0.39 is 0 Å². The van der Waals surface area contributed by atoms with Gasteiger partial charge >= 0.3 is 0 Å². The molecule has 0 aliphatic heterocycles. The lowest BCUT2D eigenvalue weighted by molar-refractivity contribution is -0.120. The van der Waals surface area contributed by atoms with E-state index in [0.717, 1.165) is 15.2 Å². The van der Waals surface area contributed by atoms with Crippen molar-refractivity contribution in [2.75, 3.05) is 5.32 Å². The number of nitrogens with one attached hydrogen (secondary N) is 2. The van der Waals surface area contributed by atoms with Crippen molar-refractivity contribution in [2.24, 2.45) is 0 Å². The molecule has 1 aliphatic rings. The van der Waals surface area contributed by atoms with Crippen molar-refractivity contribution in [1.82, 2.24) is 15.5 Å². The third-order valence-electron chi connectivity index (χ3n) is 2.98. The molecule has 2 heterocycles. The molecule has 21 heavy (non-hydrogen) atoms. The fourth-order valence-electron chi connectivity index (χ4n) is 1.65. The van der Waals surface area contributed by atoms with E-state index >= 15 is 0 Å². The van der Waals surface area contributed by atoms with Crippen LogP contribution < -0.4 is 10.6 Å². The summed E-state index contributed by atoms with van der Waals surface area (Å²) in [7, 11) is 0. The summed E-state index contributed by atoms with van der Waals surface area (Å²) in [5.74, 6) is 0.704. The number of hydrogen-bond acceptors (Lipinski definition) is 7. The second-order valence-corrected chi connectivity index (χ2v) is 7.41. The highest BCUT2D eigenvalue weighted by Crippen LogP contribution is 2.32. The Hall–Kier alpha value is -1.54. The van der Waals surface area contributed by atoms with Crippen molar-refractivity contribution < 1.29 is 9.21 Å². The van der Waals surface area contributed by atoms with Crippen LogP contribution in [-0.4, -0.2) is 27.4 Å². The summed E-state index contributed by atoms with van der Waals surface area (Å²) in [6.07, 6.45) is 4.00. The molecule has 0 aromatic carbocycles. The molecular formula is C13H16N4O2S2. The Bertz CT molecular complexity index is 595. The van der Waals surface area contributed by atoms with Crippen molar-refractivity contribution in [3.63, 3.8) is 0 Å². The van der Waals surface area contributed by atoms with E-state index in [1.807, 2.05) is 13.0 Å². The lowest BCUT2D eigenvalue weighted by Crippen LogP contribution is -2.30. The number of amides is 1. The summed E-state index contributed by atoms with van der Waals surface area (Å²) >= 11 is 2.91. The lowest BCUT2D eigenvalue weighted by atomic mass is 10.4. The molecule has 1 fully saturated rings. The van der Waals surface area contributed by atoms with Crippen molar-refractivity contribution >= 4 is 34.1 Å². The molecule has 1 amide bonds. The molecule has 1 unspecified atom stereocenters. The van der Waals surface area contributed by atoms with E-state index in [0.29, 0.717) is 12.6 Å². The normalized spacial score (nSPS) is 15.7. The molecular weight excluding hydrogens is 308 g/mol. The Morgan fingerprint density at radius 3 is 3.14 bits per heavy atom. The zero-order valence-corrected chi connectivity index (χ0v) is 13.2. The van der Waals surface area contributed by atoms with Gasteiger partial charge in [-0.1, -0.05) is 23.1 Å². The molecule has 0 saturated heterocycles. The van der Waals surface area contributed by atoms with Crippen LogP contribution in [0.3, 0.4) is 0 Å². The molecule has 0 spiro atoms. The van der Waals surface area contributed by atoms with Crippen LogP contribution in [-0.2, 0) is 11.3 Å². The maximum absolute atomic E-state index is 12.0. The third kappa shape index (κ3) is 4.21. The third-order valence-corrected chi connectivity index (χ3v) is 5.01. The van der Waals surface area contributed by atoms with Gasteiger partial charge in [0.2, 0.25) is 11.0 Å². The number of furan rings is 1. The van der Waals surface area contributed by atoms with Crippen molar-refractivity contribution in [3.05, 3.63) is 24.2 Å². The number of carbonyl (C=O) groups is 1. The van der Waals surface area contributed by atoms with E-state index in [4.69, 9.17) is 4.42 Å². The highest BCUT2D eigenvalue weighted by molar-refractivity contribution is 8.02. The largest absolute Gasteiger partial charge is 0.467 e. The molecule has 1 aliphatic carbocycles. The van der Waals surface area contributed by atoms with E-state index in [2.05, 4.69) is 20.8 Å². The number of nitrogens with zero attached hydrogens (tertiary/aromatic N) is 2. The average molecular weight is 324 g/mol. The predicted octanol–water partition coefficient (Wildman–Crippen LogP) is 2.50. The van der Waals surface area contributed by atoms with Crippen molar-refractivity contribution in [2.45, 2.75) is 41.9 Å². The van der Waals surface area contributed by atoms with E-state index in [1.165, 1.54) is 35.9 Å². The second kappa shape index (κ2) is 6.48. The van der Waals surface area contributed by atoms with Crippen LogP contribution in [0.4, 0.5) is 5.13 Å². The molecule has 0 radical (unpaired) electrons. The van der Waals surface area contributed by atoms with Gasteiger partial charge in [0, 0.05) is 6.04 Å². The second-order valence-electron chi connectivity index (χ2n) is 4.85. The Labute approximate surface area is 130 Å². The standard InChI is InChI=1S/C13H16N4O2S2/c1-8(11(18)14-7-10-3-2-6-19-10)20-13-17-16-12(21-13)15-9-4-5-9/h2-3,6,8-9H,4-5,7H2,1H3,(H,14,18)(H,15,16). The summed E-state index contributed by atoms with van der Waals surface area (Å²) < 4.78 is 5.98. The number of thioether (sulfide) groups is 1. The van der Waals surface area contributed by atoms with Gasteiger partial charge in [0.05, 0.1) is 18.1 Å². The molecule has 2 N–H and O–H groups in total. The molecule has 1 atom stereocenters. The highest BCUT2D eigenvalue weighted by atomic mass is 32.2. The minimum Gasteiger partial charge on any atom is -0.467 e. The smallest absolute Gasteiger partial charge is 0.233 e. The zero-order chi connectivity index (χ0) is 14.7. The number of hydrogen-bond donors (Lipinski definition) is 2. The fraction of sp³-hybridized carbons (Fsp3) is 0.462. The molecule has 112 valence electrons. The molecule has 2 aromatic rings. The summed E-state index contributed by atoms with van der Waals surface area (Å²) in [5, 5.41) is 14.9. The van der Waals surface area contributed by atoms with Crippen LogP contribution in [0.5, 0.6) is 0 Å². The topological polar surface area (TPSA) is 80.0 Å². The lowest BCUT2D eigenvalue weighted by Gasteiger charge is -2.08. The zero-order valence-electron chi connectivity index (χ0n) is 11.5. The first-order chi connectivity index (χ1) is 10.2. The Morgan fingerprint density at radius 2 is 2.43 bits per heavy atom. The van der Waals surface area contributed by atoms with Crippen LogP contribution in [0.25, 0.3) is 0 Å². The first kappa shape index (κ1) is 14.4. The van der Waals surface area contributed by atoms with Gasteiger partial charge in [-0.05, 0) is 31.9 Å². The quantitative estimate of drug-likeness (QED) is 0.762. The number of carbonyl (C=O) groups excluding carboxylic acids is 1. The van der Waals surface area contributed by atoms with Crippen LogP contribution in [0.15, 0.2) is 27.2 Å². The van der Waals surface area contributed by atoms with Crippen molar-refractivity contribution in [3.8, 4) is 0 Å². The number of rotatable bonds is 7. The van der Waals surface area contributed by atoms with Gasteiger partial charge in [0.15, 0.2) is 4.34 Å². The van der Waals surface area contributed by atoms with Gasteiger partial charge in [0.25, 0.3) is 0 Å². The molecule has 8 heteroatoms.